The molecule has 0 spiro atoms. The molecule has 0 saturated heterocycles. The predicted octanol–water partition coefficient (Wildman–Crippen LogP) is 1.96. The molecule has 0 bridgehead atoms. The van der Waals surface area contributed by atoms with Crippen LogP contribution in [0.3, 0.4) is 0 Å². The number of aromatic nitrogens is 2. The molecule has 6 heteroatoms. The number of aryl methyl sites for hydroxylation is 1. The standard InChI is InChI=1S/C15H19N3O2S/c1-3-18-12(2)15(10-16-18)21(19,20)17-9-8-13-6-4-5-7-14(13)11-17/h4-7,10H,3,8-9,11H2,1-2H3. The van der Waals surface area contributed by atoms with Crippen molar-refractivity contribution in [1.82, 2.24) is 14.1 Å². The molecule has 0 radical (unpaired) electrons. The second-order valence-corrected chi connectivity index (χ2v) is 7.17. The van der Waals surface area contributed by atoms with Gasteiger partial charge in [0.25, 0.3) is 0 Å². The number of benzene rings is 1. The van der Waals surface area contributed by atoms with Crippen LogP contribution in [0.15, 0.2) is 35.4 Å². The molecule has 112 valence electrons. The Morgan fingerprint density at radius 2 is 1.95 bits per heavy atom. The summed E-state index contributed by atoms with van der Waals surface area (Å²) in [6.07, 6.45) is 2.23. The van der Waals surface area contributed by atoms with Gasteiger partial charge in [-0.3, -0.25) is 4.68 Å². The maximum absolute atomic E-state index is 12.8. The van der Waals surface area contributed by atoms with E-state index in [1.54, 1.807) is 15.9 Å². The summed E-state index contributed by atoms with van der Waals surface area (Å²) in [6, 6.07) is 8.02. The van der Waals surface area contributed by atoms with Crippen molar-refractivity contribution in [3.05, 3.63) is 47.3 Å². The highest BCUT2D eigenvalue weighted by Crippen LogP contribution is 2.26. The summed E-state index contributed by atoms with van der Waals surface area (Å²) in [4.78, 5) is 0.323. The zero-order valence-electron chi connectivity index (χ0n) is 12.3. The van der Waals surface area contributed by atoms with Crippen molar-refractivity contribution in [2.45, 2.75) is 38.3 Å². The maximum Gasteiger partial charge on any atom is 0.246 e. The lowest BCUT2D eigenvalue weighted by molar-refractivity contribution is 0.391. The largest absolute Gasteiger partial charge is 0.269 e. The van der Waals surface area contributed by atoms with Gasteiger partial charge in [-0.25, -0.2) is 8.42 Å². The first-order valence-electron chi connectivity index (χ1n) is 7.13. The van der Waals surface area contributed by atoms with Crippen LogP contribution < -0.4 is 0 Å². The Morgan fingerprint density at radius 1 is 1.24 bits per heavy atom. The molecule has 1 aliphatic rings. The minimum absolute atomic E-state index is 0.323. The Morgan fingerprint density at radius 3 is 2.62 bits per heavy atom. The lowest BCUT2D eigenvalue weighted by Gasteiger charge is -2.27. The van der Waals surface area contributed by atoms with Crippen molar-refractivity contribution in [3.63, 3.8) is 0 Å². The van der Waals surface area contributed by atoms with E-state index in [0.717, 1.165) is 12.0 Å². The highest BCUT2D eigenvalue weighted by atomic mass is 32.2. The van der Waals surface area contributed by atoms with E-state index >= 15 is 0 Å². The van der Waals surface area contributed by atoms with Crippen LogP contribution >= 0.6 is 0 Å². The van der Waals surface area contributed by atoms with Crippen molar-refractivity contribution in [2.75, 3.05) is 6.54 Å². The first kappa shape index (κ1) is 14.3. The molecule has 3 rings (SSSR count). The normalized spacial score (nSPS) is 15.9. The molecular formula is C15H19N3O2S. The number of fused-ring (bicyclic) bond motifs is 1. The lowest BCUT2D eigenvalue weighted by Crippen LogP contribution is -2.36. The Kier molecular flexibility index (Phi) is 3.59. The van der Waals surface area contributed by atoms with E-state index in [2.05, 4.69) is 11.2 Å². The summed E-state index contributed by atoms with van der Waals surface area (Å²) in [6.45, 7) is 5.39. The summed E-state index contributed by atoms with van der Waals surface area (Å²) >= 11 is 0. The van der Waals surface area contributed by atoms with E-state index < -0.39 is 10.0 Å². The van der Waals surface area contributed by atoms with Crippen LogP contribution in [0.25, 0.3) is 0 Å². The SMILES string of the molecule is CCn1ncc(S(=O)(=O)N2CCc3ccccc3C2)c1C. The van der Waals surface area contributed by atoms with E-state index in [1.165, 1.54) is 11.8 Å². The van der Waals surface area contributed by atoms with E-state index in [9.17, 15) is 8.42 Å². The summed E-state index contributed by atoms with van der Waals surface area (Å²) in [5.41, 5.74) is 3.04. The zero-order chi connectivity index (χ0) is 15.0. The number of sulfonamides is 1. The molecule has 0 amide bonds. The molecule has 5 nitrogen and oxygen atoms in total. The van der Waals surface area contributed by atoms with Gasteiger partial charge in [0.1, 0.15) is 4.90 Å². The first-order valence-corrected chi connectivity index (χ1v) is 8.57. The Labute approximate surface area is 125 Å². The minimum Gasteiger partial charge on any atom is -0.269 e. The summed E-state index contributed by atoms with van der Waals surface area (Å²) < 4.78 is 28.9. The van der Waals surface area contributed by atoms with E-state index in [-0.39, 0.29) is 0 Å². The van der Waals surface area contributed by atoms with Gasteiger partial charge in [0, 0.05) is 19.6 Å². The van der Waals surface area contributed by atoms with Crippen molar-refractivity contribution in [2.24, 2.45) is 0 Å². The van der Waals surface area contributed by atoms with Gasteiger partial charge in [-0.2, -0.15) is 9.40 Å². The van der Waals surface area contributed by atoms with Crippen LogP contribution in [-0.2, 0) is 29.5 Å². The van der Waals surface area contributed by atoms with Crippen LogP contribution in [0.1, 0.15) is 23.7 Å². The molecule has 2 aromatic rings. The average Bonchev–Trinajstić information content (AvgIpc) is 2.88. The fraction of sp³-hybridized carbons (Fsp3) is 0.400. The summed E-state index contributed by atoms with van der Waals surface area (Å²) in [5.74, 6) is 0. The number of nitrogens with zero attached hydrogens (tertiary/aromatic N) is 3. The van der Waals surface area contributed by atoms with Crippen molar-refractivity contribution < 1.29 is 8.42 Å². The number of hydrogen-bond acceptors (Lipinski definition) is 3. The molecule has 1 aliphatic heterocycles. The summed E-state index contributed by atoms with van der Waals surface area (Å²) in [7, 11) is -3.47. The topological polar surface area (TPSA) is 55.2 Å². The second kappa shape index (κ2) is 5.27. The quantitative estimate of drug-likeness (QED) is 0.871. The molecule has 21 heavy (non-hydrogen) atoms. The number of rotatable bonds is 3. The first-order chi connectivity index (χ1) is 10.0. The Hall–Kier alpha value is -1.66. The van der Waals surface area contributed by atoms with Gasteiger partial charge in [-0.05, 0) is 31.4 Å². The zero-order valence-corrected chi connectivity index (χ0v) is 13.1. The van der Waals surface area contributed by atoms with Gasteiger partial charge in [0.2, 0.25) is 10.0 Å². The molecule has 0 saturated carbocycles. The van der Waals surface area contributed by atoms with E-state index in [1.807, 2.05) is 25.1 Å². The molecular weight excluding hydrogens is 286 g/mol. The summed E-state index contributed by atoms with van der Waals surface area (Å²) in [5, 5.41) is 4.15. The van der Waals surface area contributed by atoms with Gasteiger partial charge in [0.05, 0.1) is 11.9 Å². The maximum atomic E-state index is 12.8. The third-order valence-electron chi connectivity index (χ3n) is 4.07. The van der Waals surface area contributed by atoms with Gasteiger partial charge >= 0.3 is 0 Å². The third kappa shape index (κ3) is 2.38. The van der Waals surface area contributed by atoms with Gasteiger partial charge < -0.3 is 0 Å². The smallest absolute Gasteiger partial charge is 0.246 e. The van der Waals surface area contributed by atoms with Crippen molar-refractivity contribution in [3.8, 4) is 0 Å². The molecule has 1 aromatic carbocycles. The highest BCUT2D eigenvalue weighted by molar-refractivity contribution is 7.89. The molecule has 2 heterocycles. The molecule has 1 aromatic heterocycles. The Balaban J connectivity index is 1.95. The minimum atomic E-state index is -3.47. The van der Waals surface area contributed by atoms with Crippen LogP contribution in [0.2, 0.25) is 0 Å². The molecule has 0 atom stereocenters. The van der Waals surface area contributed by atoms with Crippen LogP contribution in [0.4, 0.5) is 0 Å². The lowest BCUT2D eigenvalue weighted by atomic mass is 10.0. The van der Waals surface area contributed by atoms with E-state index in [4.69, 9.17) is 0 Å². The van der Waals surface area contributed by atoms with Gasteiger partial charge in [0.15, 0.2) is 0 Å². The van der Waals surface area contributed by atoms with Crippen LogP contribution in [0.5, 0.6) is 0 Å². The molecule has 0 N–H and O–H groups in total. The fourth-order valence-corrected chi connectivity index (χ4v) is 4.39. The molecule has 0 aliphatic carbocycles. The van der Waals surface area contributed by atoms with Gasteiger partial charge in [-0.15, -0.1) is 0 Å². The van der Waals surface area contributed by atoms with Crippen molar-refractivity contribution >= 4 is 10.0 Å². The fourth-order valence-electron chi connectivity index (χ4n) is 2.82. The van der Waals surface area contributed by atoms with Gasteiger partial charge in [-0.1, -0.05) is 24.3 Å². The highest BCUT2D eigenvalue weighted by Gasteiger charge is 2.30. The second-order valence-electron chi connectivity index (χ2n) is 5.27. The van der Waals surface area contributed by atoms with Crippen LogP contribution in [0, 0.1) is 6.92 Å². The van der Waals surface area contributed by atoms with Crippen LogP contribution in [-0.4, -0.2) is 29.0 Å². The number of hydrogen-bond donors (Lipinski definition) is 0. The predicted molar refractivity (Wildman–Crippen MR) is 80.4 cm³/mol. The van der Waals surface area contributed by atoms with Crippen molar-refractivity contribution in [1.29, 1.82) is 0 Å². The molecule has 0 fully saturated rings. The Bertz CT molecular complexity index is 765. The molecule has 0 unspecified atom stereocenters. The monoisotopic (exact) mass is 305 g/mol. The third-order valence-corrected chi connectivity index (χ3v) is 6.02. The van der Waals surface area contributed by atoms with E-state index in [0.29, 0.717) is 30.2 Å². The average molecular weight is 305 g/mol.